The number of aliphatic hydroxyl groups is 1. The molecule has 0 spiro atoms. The quantitative estimate of drug-likeness (QED) is 0.777. The molecule has 1 amide bonds. The number of aromatic carboxylic acids is 1. The fourth-order valence-corrected chi connectivity index (χ4v) is 2.13. The number of amides is 1. The van der Waals surface area contributed by atoms with Gasteiger partial charge in [0, 0.05) is 12.1 Å². The van der Waals surface area contributed by atoms with Crippen LogP contribution in [0.5, 0.6) is 0 Å². The second kappa shape index (κ2) is 6.72. The Morgan fingerprint density at radius 2 is 1.76 bits per heavy atom. The lowest BCUT2D eigenvalue weighted by molar-refractivity contribution is 0.0696. The molecule has 1 unspecified atom stereocenters. The molecule has 1 aromatic carbocycles. The van der Waals surface area contributed by atoms with Gasteiger partial charge in [0.15, 0.2) is 0 Å². The molecule has 1 rings (SSSR count). The zero-order valence-corrected chi connectivity index (χ0v) is 12.9. The van der Waals surface area contributed by atoms with Gasteiger partial charge in [-0.25, -0.2) is 4.79 Å². The summed E-state index contributed by atoms with van der Waals surface area (Å²) in [5, 5.41) is 21.5. The maximum Gasteiger partial charge on any atom is 0.335 e. The first-order valence-electron chi connectivity index (χ1n) is 6.90. The molecule has 1 atom stereocenters. The normalized spacial score (nSPS) is 12.8. The van der Waals surface area contributed by atoms with Gasteiger partial charge in [-0.15, -0.1) is 0 Å². The highest BCUT2D eigenvalue weighted by Gasteiger charge is 2.18. The Morgan fingerprint density at radius 1 is 1.19 bits per heavy atom. The molecular formula is C16H23NO4. The highest BCUT2D eigenvalue weighted by atomic mass is 16.4. The topological polar surface area (TPSA) is 86.6 Å². The number of nitrogens with one attached hydrogen (secondary N) is 1. The molecule has 3 N–H and O–H groups in total. The zero-order chi connectivity index (χ0) is 16.2. The van der Waals surface area contributed by atoms with Crippen molar-refractivity contribution < 1.29 is 19.8 Å². The maximum absolute atomic E-state index is 12.0. The van der Waals surface area contributed by atoms with E-state index in [4.69, 9.17) is 5.11 Å². The highest BCUT2D eigenvalue weighted by Crippen LogP contribution is 2.20. The number of carboxylic acid groups (broad SMARTS) is 1. The minimum Gasteiger partial charge on any atom is -0.478 e. The molecule has 0 saturated heterocycles. The molecule has 0 aliphatic carbocycles. The number of hydrogen-bond acceptors (Lipinski definition) is 3. The summed E-state index contributed by atoms with van der Waals surface area (Å²) >= 11 is 0. The average molecular weight is 293 g/mol. The maximum atomic E-state index is 12.0. The predicted molar refractivity (Wildman–Crippen MR) is 80.6 cm³/mol. The molecule has 0 radical (unpaired) electrons. The van der Waals surface area contributed by atoms with Gasteiger partial charge in [0.25, 0.3) is 5.91 Å². The van der Waals surface area contributed by atoms with E-state index in [0.29, 0.717) is 12.0 Å². The lowest BCUT2D eigenvalue weighted by Gasteiger charge is -2.22. The van der Waals surface area contributed by atoms with Crippen LogP contribution in [0.2, 0.25) is 0 Å². The van der Waals surface area contributed by atoms with Crippen LogP contribution in [-0.2, 0) is 0 Å². The molecule has 0 aromatic heterocycles. The van der Waals surface area contributed by atoms with Crippen LogP contribution >= 0.6 is 0 Å². The van der Waals surface area contributed by atoms with Gasteiger partial charge >= 0.3 is 5.97 Å². The Morgan fingerprint density at radius 3 is 2.29 bits per heavy atom. The molecule has 0 fully saturated rings. The van der Waals surface area contributed by atoms with Crippen LogP contribution in [0.3, 0.4) is 0 Å². The van der Waals surface area contributed by atoms with Crippen molar-refractivity contribution in [1.29, 1.82) is 0 Å². The Bertz CT molecular complexity index is 532. The number of carbonyl (C=O) groups is 2. The molecular weight excluding hydrogens is 270 g/mol. The molecule has 0 aliphatic heterocycles. The number of aryl methyl sites for hydroxylation is 1. The lowest BCUT2D eigenvalue weighted by Crippen LogP contribution is -2.34. The van der Waals surface area contributed by atoms with Crippen molar-refractivity contribution in [2.45, 2.75) is 40.2 Å². The van der Waals surface area contributed by atoms with Crippen LogP contribution < -0.4 is 5.32 Å². The van der Waals surface area contributed by atoms with Crippen LogP contribution in [0.1, 0.15) is 53.5 Å². The Hall–Kier alpha value is -1.88. The number of carbonyl (C=O) groups excluding carboxylic acids is 1. The van der Waals surface area contributed by atoms with E-state index in [0.717, 1.165) is 0 Å². The monoisotopic (exact) mass is 293 g/mol. The highest BCUT2D eigenvalue weighted by molar-refractivity contribution is 5.97. The molecule has 0 heterocycles. The molecule has 21 heavy (non-hydrogen) atoms. The summed E-state index contributed by atoms with van der Waals surface area (Å²) in [7, 11) is 0. The third-order valence-corrected chi connectivity index (χ3v) is 2.93. The Labute approximate surface area is 125 Å². The van der Waals surface area contributed by atoms with Gasteiger partial charge in [-0.1, -0.05) is 20.8 Å². The summed E-state index contributed by atoms with van der Waals surface area (Å²) in [6.07, 6.45) is -0.0562. The molecule has 116 valence electrons. The van der Waals surface area contributed by atoms with E-state index < -0.39 is 12.1 Å². The zero-order valence-electron chi connectivity index (χ0n) is 12.9. The Kier molecular flexibility index (Phi) is 5.49. The SMILES string of the molecule is Cc1cc(C(=O)O)cc(C(=O)NCC(O)CC(C)(C)C)c1. The molecule has 0 aliphatic rings. The first kappa shape index (κ1) is 17.2. The Balaban J connectivity index is 2.70. The molecule has 0 bridgehead atoms. The van der Waals surface area contributed by atoms with E-state index >= 15 is 0 Å². The van der Waals surface area contributed by atoms with Crippen LogP contribution in [-0.4, -0.2) is 34.7 Å². The lowest BCUT2D eigenvalue weighted by atomic mass is 9.89. The van der Waals surface area contributed by atoms with Crippen molar-refractivity contribution in [2.24, 2.45) is 5.41 Å². The minimum absolute atomic E-state index is 0.0239. The molecule has 1 aromatic rings. The summed E-state index contributed by atoms with van der Waals surface area (Å²) in [6, 6.07) is 4.46. The fourth-order valence-electron chi connectivity index (χ4n) is 2.13. The second-order valence-corrected chi connectivity index (χ2v) is 6.52. The number of carboxylic acids is 1. The van der Waals surface area contributed by atoms with Crippen molar-refractivity contribution in [3.63, 3.8) is 0 Å². The van der Waals surface area contributed by atoms with E-state index in [1.165, 1.54) is 12.1 Å². The summed E-state index contributed by atoms with van der Waals surface area (Å²) in [5.41, 5.74) is 1.05. The van der Waals surface area contributed by atoms with Gasteiger partial charge in [0.1, 0.15) is 0 Å². The van der Waals surface area contributed by atoms with Gasteiger partial charge in [-0.05, 0) is 42.5 Å². The van der Waals surface area contributed by atoms with Crippen molar-refractivity contribution in [2.75, 3.05) is 6.54 Å². The van der Waals surface area contributed by atoms with Crippen molar-refractivity contribution >= 4 is 11.9 Å². The van der Waals surface area contributed by atoms with Crippen molar-refractivity contribution in [3.8, 4) is 0 Å². The summed E-state index contributed by atoms with van der Waals surface area (Å²) in [4.78, 5) is 23.0. The smallest absolute Gasteiger partial charge is 0.335 e. The standard InChI is InChI=1S/C16H23NO4/c1-10-5-11(7-12(6-10)15(20)21)14(19)17-9-13(18)8-16(2,3)4/h5-7,13,18H,8-9H2,1-4H3,(H,17,19)(H,20,21). The fraction of sp³-hybridized carbons (Fsp3) is 0.500. The predicted octanol–water partition coefficient (Wildman–Crippen LogP) is 2.22. The van der Waals surface area contributed by atoms with E-state index in [1.54, 1.807) is 13.0 Å². The second-order valence-electron chi connectivity index (χ2n) is 6.52. The summed E-state index contributed by atoms with van der Waals surface area (Å²) in [5.74, 6) is -1.45. The minimum atomic E-state index is -1.07. The van der Waals surface area contributed by atoms with E-state index in [-0.39, 0.29) is 29.0 Å². The molecule has 0 saturated carbocycles. The van der Waals surface area contributed by atoms with E-state index in [1.807, 2.05) is 20.8 Å². The van der Waals surface area contributed by atoms with E-state index in [2.05, 4.69) is 5.32 Å². The number of hydrogen-bond donors (Lipinski definition) is 3. The third kappa shape index (κ3) is 5.95. The molecule has 5 nitrogen and oxygen atoms in total. The number of aliphatic hydroxyl groups excluding tert-OH is 1. The first-order chi connectivity index (χ1) is 9.58. The average Bonchev–Trinajstić information content (AvgIpc) is 2.33. The van der Waals surface area contributed by atoms with Crippen LogP contribution in [0.4, 0.5) is 0 Å². The van der Waals surface area contributed by atoms with Crippen molar-refractivity contribution in [3.05, 3.63) is 34.9 Å². The van der Waals surface area contributed by atoms with Crippen LogP contribution in [0.25, 0.3) is 0 Å². The first-order valence-corrected chi connectivity index (χ1v) is 6.90. The summed E-state index contributed by atoms with van der Waals surface area (Å²) < 4.78 is 0. The van der Waals surface area contributed by atoms with Crippen LogP contribution in [0.15, 0.2) is 18.2 Å². The third-order valence-electron chi connectivity index (χ3n) is 2.93. The van der Waals surface area contributed by atoms with Crippen molar-refractivity contribution in [1.82, 2.24) is 5.32 Å². The summed E-state index contributed by atoms with van der Waals surface area (Å²) in [6.45, 7) is 7.91. The van der Waals surface area contributed by atoms with Gasteiger partial charge < -0.3 is 15.5 Å². The number of benzene rings is 1. The van der Waals surface area contributed by atoms with Crippen LogP contribution in [0, 0.1) is 12.3 Å². The molecule has 5 heteroatoms. The van der Waals surface area contributed by atoms with Gasteiger partial charge in [-0.2, -0.15) is 0 Å². The van der Waals surface area contributed by atoms with E-state index in [9.17, 15) is 14.7 Å². The van der Waals surface area contributed by atoms with Gasteiger partial charge in [0.05, 0.1) is 11.7 Å². The van der Waals surface area contributed by atoms with Gasteiger partial charge in [-0.3, -0.25) is 4.79 Å². The number of rotatable bonds is 5. The largest absolute Gasteiger partial charge is 0.478 e. The van der Waals surface area contributed by atoms with Gasteiger partial charge in [0.2, 0.25) is 0 Å².